The van der Waals surface area contributed by atoms with Crippen LogP contribution in [0.25, 0.3) is 0 Å². The second-order valence-corrected chi connectivity index (χ2v) is 5.06. The molecule has 0 atom stereocenters. The average Bonchev–Trinajstić information content (AvgIpc) is 3.35. The molecular weight excluding hydrogens is 268 g/mol. The summed E-state index contributed by atoms with van der Waals surface area (Å²) in [6, 6.07) is 7.37. The zero-order valence-electron chi connectivity index (χ0n) is 12.1. The van der Waals surface area contributed by atoms with Crippen molar-refractivity contribution in [2.75, 3.05) is 12.5 Å². The summed E-state index contributed by atoms with van der Waals surface area (Å²) in [6.45, 7) is 1.88. The molecule has 1 aromatic heterocycles. The molecule has 6 nitrogen and oxygen atoms in total. The van der Waals surface area contributed by atoms with Gasteiger partial charge in [-0.1, -0.05) is 0 Å². The molecule has 0 spiro atoms. The number of ether oxygens (including phenoxy) is 2. The SMILES string of the molecule is COc1ccc(Oc2nc(C3CC3)nc(NN)c2C)cc1. The second-order valence-electron chi connectivity index (χ2n) is 5.06. The van der Waals surface area contributed by atoms with Crippen LogP contribution in [-0.2, 0) is 0 Å². The maximum atomic E-state index is 5.87. The molecule has 110 valence electrons. The first kappa shape index (κ1) is 13.6. The number of rotatable bonds is 5. The van der Waals surface area contributed by atoms with Crippen molar-refractivity contribution >= 4 is 5.82 Å². The normalized spacial score (nSPS) is 13.9. The summed E-state index contributed by atoms with van der Waals surface area (Å²) in [5.74, 6) is 9.36. The molecule has 1 aliphatic carbocycles. The minimum atomic E-state index is 0.427. The molecule has 1 aromatic carbocycles. The van der Waals surface area contributed by atoms with Crippen molar-refractivity contribution in [3.05, 3.63) is 35.7 Å². The van der Waals surface area contributed by atoms with E-state index in [4.69, 9.17) is 15.3 Å². The summed E-state index contributed by atoms with van der Waals surface area (Å²) < 4.78 is 11.0. The van der Waals surface area contributed by atoms with E-state index in [1.807, 2.05) is 31.2 Å². The van der Waals surface area contributed by atoms with E-state index in [9.17, 15) is 0 Å². The third-order valence-electron chi connectivity index (χ3n) is 3.47. The first-order valence-electron chi connectivity index (χ1n) is 6.88. The summed E-state index contributed by atoms with van der Waals surface area (Å²) in [7, 11) is 1.63. The third kappa shape index (κ3) is 2.90. The van der Waals surface area contributed by atoms with E-state index in [0.29, 0.717) is 23.4 Å². The van der Waals surface area contributed by atoms with Crippen LogP contribution in [0.5, 0.6) is 17.4 Å². The molecular formula is C15H18N4O2. The van der Waals surface area contributed by atoms with E-state index in [0.717, 1.165) is 30.0 Å². The number of hydrazine groups is 1. The Labute approximate surface area is 123 Å². The molecule has 0 unspecified atom stereocenters. The fraction of sp³-hybridized carbons (Fsp3) is 0.333. The van der Waals surface area contributed by atoms with Crippen LogP contribution < -0.4 is 20.7 Å². The quantitative estimate of drug-likeness (QED) is 0.649. The Kier molecular flexibility index (Phi) is 3.62. The van der Waals surface area contributed by atoms with Gasteiger partial charge in [0.05, 0.1) is 12.7 Å². The lowest BCUT2D eigenvalue weighted by Gasteiger charge is -2.12. The molecule has 0 bridgehead atoms. The lowest BCUT2D eigenvalue weighted by atomic mass is 10.3. The van der Waals surface area contributed by atoms with Crippen LogP contribution in [0.3, 0.4) is 0 Å². The number of benzene rings is 1. The molecule has 3 N–H and O–H groups in total. The number of hydrogen-bond acceptors (Lipinski definition) is 6. The number of anilines is 1. The Hall–Kier alpha value is -2.34. The molecule has 21 heavy (non-hydrogen) atoms. The highest BCUT2D eigenvalue weighted by Gasteiger charge is 2.28. The summed E-state index contributed by atoms with van der Waals surface area (Å²) in [4.78, 5) is 8.96. The Bertz CT molecular complexity index is 639. The second kappa shape index (κ2) is 5.57. The van der Waals surface area contributed by atoms with Gasteiger partial charge in [0.25, 0.3) is 0 Å². The van der Waals surface area contributed by atoms with Gasteiger partial charge in [-0.15, -0.1) is 0 Å². The van der Waals surface area contributed by atoms with E-state index >= 15 is 0 Å². The van der Waals surface area contributed by atoms with Gasteiger partial charge in [0.1, 0.15) is 17.3 Å². The van der Waals surface area contributed by atoms with Crippen molar-refractivity contribution in [2.45, 2.75) is 25.7 Å². The zero-order valence-corrected chi connectivity index (χ0v) is 12.1. The van der Waals surface area contributed by atoms with Crippen LogP contribution in [0, 0.1) is 6.92 Å². The number of methoxy groups -OCH3 is 1. The standard InChI is InChI=1S/C15H18N4O2/c1-9-13(19-16)17-14(10-3-4-10)18-15(9)21-12-7-5-11(20-2)6-8-12/h5-8,10H,3-4,16H2,1-2H3,(H,17,18,19). The molecule has 6 heteroatoms. The van der Waals surface area contributed by atoms with E-state index in [-0.39, 0.29) is 0 Å². The van der Waals surface area contributed by atoms with Gasteiger partial charge in [-0.2, -0.15) is 4.98 Å². The summed E-state index contributed by atoms with van der Waals surface area (Å²) in [5.41, 5.74) is 3.40. The number of nitrogens with one attached hydrogen (secondary N) is 1. The van der Waals surface area contributed by atoms with E-state index < -0.39 is 0 Å². The first-order valence-corrected chi connectivity index (χ1v) is 6.88. The van der Waals surface area contributed by atoms with Crippen LogP contribution in [0.15, 0.2) is 24.3 Å². The van der Waals surface area contributed by atoms with E-state index in [2.05, 4.69) is 15.4 Å². The monoisotopic (exact) mass is 286 g/mol. The molecule has 3 rings (SSSR count). The van der Waals surface area contributed by atoms with Crippen LogP contribution >= 0.6 is 0 Å². The largest absolute Gasteiger partial charge is 0.497 e. The van der Waals surface area contributed by atoms with Gasteiger partial charge < -0.3 is 14.9 Å². The minimum Gasteiger partial charge on any atom is -0.497 e. The molecule has 0 radical (unpaired) electrons. The number of nitrogen functional groups attached to an aromatic ring is 1. The number of nitrogens with zero attached hydrogens (tertiary/aromatic N) is 2. The molecule has 1 saturated carbocycles. The van der Waals surface area contributed by atoms with Gasteiger partial charge >= 0.3 is 0 Å². The minimum absolute atomic E-state index is 0.427. The predicted octanol–water partition coefficient (Wildman–Crippen LogP) is 2.75. The van der Waals surface area contributed by atoms with E-state index in [1.165, 1.54) is 0 Å². The van der Waals surface area contributed by atoms with Gasteiger partial charge in [0.2, 0.25) is 5.88 Å². The van der Waals surface area contributed by atoms with Crippen molar-refractivity contribution in [3.63, 3.8) is 0 Å². The molecule has 1 aliphatic rings. The van der Waals surface area contributed by atoms with Gasteiger partial charge in [-0.25, -0.2) is 10.8 Å². The fourth-order valence-corrected chi connectivity index (χ4v) is 2.03. The highest BCUT2D eigenvalue weighted by molar-refractivity contribution is 5.49. The Morgan fingerprint density at radius 2 is 1.81 bits per heavy atom. The lowest BCUT2D eigenvalue weighted by Crippen LogP contribution is -2.13. The summed E-state index contributed by atoms with van der Waals surface area (Å²) in [5, 5.41) is 0. The smallest absolute Gasteiger partial charge is 0.227 e. The van der Waals surface area contributed by atoms with Gasteiger partial charge in [0, 0.05) is 5.92 Å². The third-order valence-corrected chi connectivity index (χ3v) is 3.47. The maximum Gasteiger partial charge on any atom is 0.227 e. The molecule has 0 amide bonds. The Balaban J connectivity index is 1.90. The number of aromatic nitrogens is 2. The number of hydrogen-bond donors (Lipinski definition) is 2. The van der Waals surface area contributed by atoms with Crippen LogP contribution in [0.2, 0.25) is 0 Å². The van der Waals surface area contributed by atoms with Crippen molar-refractivity contribution in [2.24, 2.45) is 5.84 Å². The van der Waals surface area contributed by atoms with E-state index in [1.54, 1.807) is 7.11 Å². The predicted molar refractivity (Wildman–Crippen MR) is 79.6 cm³/mol. The fourth-order valence-electron chi connectivity index (χ4n) is 2.03. The average molecular weight is 286 g/mol. The molecule has 0 aliphatic heterocycles. The van der Waals surface area contributed by atoms with Crippen molar-refractivity contribution in [1.82, 2.24) is 9.97 Å². The van der Waals surface area contributed by atoms with Gasteiger partial charge in [-0.05, 0) is 44.0 Å². The van der Waals surface area contributed by atoms with Crippen LogP contribution in [0.1, 0.15) is 30.1 Å². The van der Waals surface area contributed by atoms with Crippen molar-refractivity contribution < 1.29 is 9.47 Å². The first-order chi connectivity index (χ1) is 10.2. The van der Waals surface area contributed by atoms with Crippen LogP contribution in [0.4, 0.5) is 5.82 Å². The molecule has 1 heterocycles. The Morgan fingerprint density at radius 3 is 2.38 bits per heavy atom. The highest BCUT2D eigenvalue weighted by atomic mass is 16.5. The molecule has 2 aromatic rings. The number of nitrogens with two attached hydrogens (primary N) is 1. The maximum absolute atomic E-state index is 5.87. The van der Waals surface area contributed by atoms with Gasteiger partial charge in [-0.3, -0.25) is 0 Å². The summed E-state index contributed by atoms with van der Waals surface area (Å²) >= 11 is 0. The Morgan fingerprint density at radius 1 is 1.14 bits per heavy atom. The molecule has 0 saturated heterocycles. The topological polar surface area (TPSA) is 82.3 Å². The van der Waals surface area contributed by atoms with Gasteiger partial charge in [0.15, 0.2) is 5.82 Å². The lowest BCUT2D eigenvalue weighted by molar-refractivity contribution is 0.411. The van der Waals surface area contributed by atoms with Crippen molar-refractivity contribution in [1.29, 1.82) is 0 Å². The van der Waals surface area contributed by atoms with Crippen LogP contribution in [-0.4, -0.2) is 17.1 Å². The highest BCUT2D eigenvalue weighted by Crippen LogP contribution is 2.40. The summed E-state index contributed by atoms with van der Waals surface area (Å²) in [6.07, 6.45) is 2.24. The van der Waals surface area contributed by atoms with Crippen molar-refractivity contribution in [3.8, 4) is 17.4 Å². The zero-order chi connectivity index (χ0) is 14.8. The molecule has 1 fully saturated rings.